The number of nitrogen functional groups attached to an aromatic ring is 1. The Kier molecular flexibility index (Phi) is 8.63. The van der Waals surface area contributed by atoms with Gasteiger partial charge in [-0.2, -0.15) is 19.2 Å². The van der Waals surface area contributed by atoms with Crippen LogP contribution in [0.1, 0.15) is 16.6 Å². The van der Waals surface area contributed by atoms with E-state index < -0.39 is 61.2 Å². The number of hydrogen-bond donors (Lipinski definition) is 7. The predicted octanol–water partition coefficient (Wildman–Crippen LogP) is -4.25. The molecular formula is C16H21N7O14P3+. The molecule has 3 aromatic heterocycles. The van der Waals surface area contributed by atoms with Crippen molar-refractivity contribution in [2.75, 3.05) is 12.3 Å². The normalized spacial score (nSPS) is 24.5. The molecule has 2 unspecified atom stereocenters. The maximum absolute atomic E-state index is 12.4. The lowest BCUT2D eigenvalue weighted by molar-refractivity contribution is -0.865. The van der Waals surface area contributed by atoms with Crippen LogP contribution in [0.4, 0.5) is 5.82 Å². The van der Waals surface area contributed by atoms with Crippen LogP contribution in [0.2, 0.25) is 0 Å². The molecule has 4 heterocycles. The van der Waals surface area contributed by atoms with Gasteiger partial charge in [0.2, 0.25) is 12.4 Å². The first-order chi connectivity index (χ1) is 18.6. The summed E-state index contributed by atoms with van der Waals surface area (Å²) in [5, 5.41) is 10.7. The number of aliphatic hydroxyl groups excluding tert-OH is 1. The smallest absolute Gasteiger partial charge is 0.521 e. The molecule has 4 rings (SSSR count). The summed E-state index contributed by atoms with van der Waals surface area (Å²) < 4.78 is 37.7. The van der Waals surface area contributed by atoms with Crippen LogP contribution in [-0.4, -0.2) is 75.0 Å². The third kappa shape index (κ3) is 7.19. The Morgan fingerprint density at radius 1 is 1.27 bits per heavy atom. The van der Waals surface area contributed by atoms with Gasteiger partial charge in [-0.05, 0) is 6.07 Å². The molecule has 1 amide bonds. The fraction of sp³-hybridized carbons (Fsp3) is 0.312. The molecule has 0 radical (unpaired) electrons. The maximum atomic E-state index is 12.4. The van der Waals surface area contributed by atoms with Crippen molar-refractivity contribution in [2.45, 2.75) is 24.5 Å². The first-order valence-electron chi connectivity index (χ1n) is 10.6. The van der Waals surface area contributed by atoms with Crippen molar-refractivity contribution in [3.8, 4) is 0 Å². The Balaban J connectivity index is 1.48. The summed E-state index contributed by atoms with van der Waals surface area (Å²) in [6.45, 7) is -1.03. The molecule has 1 aliphatic heterocycles. The largest absolute Gasteiger partial charge is 0.606 e. The van der Waals surface area contributed by atoms with Gasteiger partial charge in [-0.15, -0.1) is 0 Å². The second kappa shape index (κ2) is 11.4. The summed E-state index contributed by atoms with van der Waals surface area (Å²) in [6.07, 6.45) is -2.75. The summed E-state index contributed by atoms with van der Waals surface area (Å²) in [7, 11) is -16.0. The fourth-order valence-corrected chi connectivity index (χ4v) is 6.09. The SMILES string of the molecule is NC(=O)c1ccc[n+](O[P+]([O-])(O)OP(=O)(O)OC[C@H]2O[C@@H](n3cnc4c(N)ncnc43)[C@H](O[P+]([O-])(O)O)[C@@H]2O)c1. The zero-order chi connectivity index (χ0) is 29.5. The molecule has 3 aromatic rings. The Hall–Kier alpha value is -2.58. The van der Waals surface area contributed by atoms with Gasteiger partial charge in [-0.25, -0.2) is 19.5 Å². The van der Waals surface area contributed by atoms with E-state index in [2.05, 4.69) is 32.9 Å². The molecule has 6 atom stereocenters. The Bertz CT molecular complexity index is 1440. The lowest BCUT2D eigenvalue weighted by Crippen LogP contribution is -2.45. The minimum atomic E-state index is -5.43. The number of pyridine rings is 1. The number of anilines is 1. The second-order valence-electron chi connectivity index (χ2n) is 7.91. The third-order valence-corrected chi connectivity index (χ3v) is 8.14. The van der Waals surface area contributed by atoms with E-state index in [9.17, 15) is 43.8 Å². The number of aliphatic hydroxyl groups is 1. The number of nitrogens with zero attached hydrogens (tertiary/aromatic N) is 5. The zero-order valence-corrected chi connectivity index (χ0v) is 22.3. The number of nitrogens with two attached hydrogens (primary N) is 2. The second-order valence-corrected chi connectivity index (χ2v) is 12.1. The van der Waals surface area contributed by atoms with E-state index in [1.165, 1.54) is 12.1 Å². The van der Waals surface area contributed by atoms with E-state index in [4.69, 9.17) is 16.2 Å². The Morgan fingerprint density at radius 2 is 2.00 bits per heavy atom. The van der Waals surface area contributed by atoms with Crippen LogP contribution in [0.3, 0.4) is 0 Å². The number of carbonyl (C=O) groups excluding carboxylic acids is 1. The molecule has 0 bridgehead atoms. The number of amides is 1. The highest BCUT2D eigenvalue weighted by molar-refractivity contribution is 7.64. The van der Waals surface area contributed by atoms with E-state index in [0.717, 1.165) is 29.6 Å². The van der Waals surface area contributed by atoms with E-state index in [1.54, 1.807) is 0 Å². The Labute approximate surface area is 223 Å². The van der Waals surface area contributed by atoms with Crippen molar-refractivity contribution < 1.29 is 71.3 Å². The molecule has 24 heteroatoms. The number of carbonyl (C=O) groups is 1. The number of aromatic nitrogens is 5. The van der Waals surface area contributed by atoms with Gasteiger partial charge >= 0.3 is 24.2 Å². The zero-order valence-electron chi connectivity index (χ0n) is 19.6. The summed E-state index contributed by atoms with van der Waals surface area (Å²) in [4.78, 5) is 85.3. The topological polar surface area (TPSA) is 327 Å². The number of rotatable bonds is 11. The lowest BCUT2D eigenvalue weighted by atomic mass is 10.1. The van der Waals surface area contributed by atoms with Gasteiger partial charge < -0.3 is 36.0 Å². The van der Waals surface area contributed by atoms with Crippen LogP contribution in [-0.2, 0) is 22.7 Å². The first-order valence-corrected chi connectivity index (χ1v) is 15.1. The number of phosphoric ester groups is 2. The molecule has 9 N–H and O–H groups in total. The van der Waals surface area contributed by atoms with E-state index >= 15 is 0 Å². The van der Waals surface area contributed by atoms with Crippen LogP contribution < -0.4 is 30.6 Å². The monoisotopic (exact) mass is 628 g/mol. The van der Waals surface area contributed by atoms with Gasteiger partial charge in [-0.1, -0.05) is 8.94 Å². The van der Waals surface area contributed by atoms with Gasteiger partial charge in [0, 0.05) is 6.07 Å². The van der Waals surface area contributed by atoms with E-state index in [1.807, 2.05) is 0 Å². The quantitative estimate of drug-likeness (QED) is 0.0780. The Morgan fingerprint density at radius 3 is 2.67 bits per heavy atom. The highest BCUT2D eigenvalue weighted by Gasteiger charge is 2.53. The van der Waals surface area contributed by atoms with Gasteiger partial charge in [-0.3, -0.25) is 13.9 Å². The average molecular weight is 628 g/mol. The van der Waals surface area contributed by atoms with Crippen LogP contribution in [0.5, 0.6) is 0 Å². The number of phosphoric acid groups is 3. The molecule has 0 aromatic carbocycles. The highest BCUT2D eigenvalue weighted by atomic mass is 31.3. The number of fused-ring (bicyclic) bond motifs is 1. The number of primary amides is 1. The molecule has 1 fully saturated rings. The molecule has 0 saturated carbocycles. The molecule has 40 heavy (non-hydrogen) atoms. The number of hydrogen-bond acceptors (Lipinski definition) is 17. The fourth-order valence-electron chi connectivity index (χ4n) is 3.52. The van der Waals surface area contributed by atoms with Crippen molar-refractivity contribution >= 4 is 47.1 Å². The van der Waals surface area contributed by atoms with Crippen LogP contribution in [0.15, 0.2) is 37.2 Å². The first kappa shape index (κ1) is 30.4. The van der Waals surface area contributed by atoms with Crippen LogP contribution in [0, 0.1) is 0 Å². The van der Waals surface area contributed by atoms with Gasteiger partial charge in [0.15, 0.2) is 23.8 Å². The van der Waals surface area contributed by atoms with Crippen molar-refractivity contribution in [3.63, 3.8) is 0 Å². The predicted molar refractivity (Wildman–Crippen MR) is 124 cm³/mol. The average Bonchev–Trinajstić information content (AvgIpc) is 3.38. The van der Waals surface area contributed by atoms with Gasteiger partial charge in [0.25, 0.3) is 5.91 Å². The molecular weight excluding hydrogens is 607 g/mol. The maximum Gasteiger partial charge on any atom is 0.521 e. The molecule has 218 valence electrons. The molecule has 0 spiro atoms. The van der Waals surface area contributed by atoms with E-state index in [-0.39, 0.29) is 22.5 Å². The van der Waals surface area contributed by atoms with Crippen molar-refractivity contribution in [1.82, 2.24) is 19.5 Å². The van der Waals surface area contributed by atoms with Crippen molar-refractivity contribution in [2.24, 2.45) is 5.73 Å². The summed E-state index contributed by atoms with van der Waals surface area (Å²) in [5.41, 5.74) is 10.8. The molecule has 21 nitrogen and oxygen atoms in total. The standard InChI is InChI=1S/C16H20N7O14P3/c17-13-10-15(20-6-19-13)23(7-21-10)16-12(35-38(26,27)28)11(24)9(34-16)5-33-39(29,30)37-40(31,32)36-22-3-1-2-8(4-22)14(18)25/h1-4,6-7,9,11-12,16,24H,5H2,(H7-,17,18,19,20,25,26,27,28,29,30,31,32)/p+1/t9-,11-,12-,16-/m1/s1. The van der Waals surface area contributed by atoms with Crippen molar-refractivity contribution in [3.05, 3.63) is 42.7 Å². The molecule has 1 aliphatic rings. The lowest BCUT2D eigenvalue weighted by Gasteiger charge is -2.23. The van der Waals surface area contributed by atoms with E-state index in [0.29, 0.717) is 4.73 Å². The van der Waals surface area contributed by atoms with Crippen molar-refractivity contribution in [1.29, 1.82) is 0 Å². The number of ether oxygens (including phenoxy) is 1. The summed E-state index contributed by atoms with van der Waals surface area (Å²) in [6, 6.07) is 2.47. The van der Waals surface area contributed by atoms with Gasteiger partial charge in [0.1, 0.15) is 29.6 Å². The summed E-state index contributed by atoms with van der Waals surface area (Å²) >= 11 is 0. The minimum absolute atomic E-state index is 0.0259. The minimum Gasteiger partial charge on any atom is -0.606 e. The van der Waals surface area contributed by atoms with Gasteiger partial charge in [0.05, 0.1) is 17.7 Å². The highest BCUT2D eigenvalue weighted by Crippen LogP contribution is 2.60. The number of imidazole rings is 1. The van der Waals surface area contributed by atoms with Crippen LogP contribution in [0.25, 0.3) is 11.2 Å². The third-order valence-electron chi connectivity index (χ3n) is 5.10. The molecule has 0 aliphatic carbocycles. The van der Waals surface area contributed by atoms with Crippen LogP contribution >= 0.6 is 24.2 Å². The molecule has 1 saturated heterocycles. The summed E-state index contributed by atoms with van der Waals surface area (Å²) in [5.74, 6) is -0.944.